The van der Waals surface area contributed by atoms with Crippen molar-refractivity contribution in [2.75, 3.05) is 13.7 Å². The molecule has 35 heteroatoms. The molecule has 0 saturated carbocycles. The van der Waals surface area contributed by atoms with Crippen molar-refractivity contribution in [3.63, 3.8) is 0 Å². The molecule has 0 aromatic heterocycles. The molecule has 0 spiro atoms. The number of carboxylic acids is 1. The monoisotopic (exact) mass is 1450 g/mol. The number of carboxylic acid groups (broad SMARTS) is 1. The Labute approximate surface area is 584 Å². The second-order valence-corrected chi connectivity index (χ2v) is 26.7. The number of carbonyl (C=O) groups excluding carboxylic acids is 7. The molecule has 2 fully saturated rings. The lowest BCUT2D eigenvalue weighted by Crippen LogP contribution is -2.81. The van der Waals surface area contributed by atoms with Gasteiger partial charge in [-0.25, -0.2) is 4.79 Å². The van der Waals surface area contributed by atoms with Crippen molar-refractivity contribution >= 4 is 70.5 Å². The van der Waals surface area contributed by atoms with Crippen molar-refractivity contribution < 1.29 is 124 Å². The molecule has 542 valence electrons. The minimum atomic E-state index is -2.34. The predicted molar refractivity (Wildman–Crippen MR) is 348 cm³/mol. The van der Waals surface area contributed by atoms with Gasteiger partial charge in [-0.1, -0.05) is 55.2 Å². The van der Waals surface area contributed by atoms with Gasteiger partial charge in [-0.15, -0.1) is 0 Å². The van der Waals surface area contributed by atoms with E-state index in [1.165, 1.54) is 26.1 Å². The molecule has 33 nitrogen and oxygen atoms in total. The first kappa shape index (κ1) is 74.5. The number of aliphatic hydroxyl groups is 6. The van der Waals surface area contributed by atoms with Crippen molar-refractivity contribution in [2.24, 2.45) is 11.7 Å². The number of hydrogen-bond donors (Lipinski definition) is 19. The fourth-order valence-corrected chi connectivity index (χ4v) is 13.0. The van der Waals surface area contributed by atoms with Gasteiger partial charge in [0, 0.05) is 22.8 Å². The van der Waals surface area contributed by atoms with Crippen molar-refractivity contribution in [3.8, 4) is 57.1 Å². The fourth-order valence-electron chi connectivity index (χ4n) is 12.5. The summed E-state index contributed by atoms with van der Waals surface area (Å²) in [7, 11) is 1.47. The minimum Gasteiger partial charge on any atom is -0.508 e. The summed E-state index contributed by atoms with van der Waals surface area (Å²) in [5.41, 5.74) is 5.90. The van der Waals surface area contributed by atoms with Gasteiger partial charge >= 0.3 is 5.97 Å². The molecule has 7 aliphatic heterocycles. The highest BCUT2D eigenvalue weighted by atomic mass is 35.5. The number of rotatable bonds is 13. The number of quaternary nitrogens is 1. The molecule has 5 aromatic rings. The molecule has 18 atom stereocenters. The lowest BCUT2D eigenvalue weighted by atomic mass is 9.86. The number of halogens is 2. The van der Waals surface area contributed by atoms with Crippen LogP contribution in [0, 0.1) is 5.92 Å². The molecule has 101 heavy (non-hydrogen) atoms. The zero-order valence-corrected chi connectivity index (χ0v) is 56.0. The molecular weight excluding hydrogens is 1370 g/mol. The number of primary amides is 1. The largest absolute Gasteiger partial charge is 0.508 e. The number of aromatic hydroxyl groups is 3. The van der Waals surface area contributed by atoms with Gasteiger partial charge in [0.1, 0.15) is 101 Å². The molecule has 0 unspecified atom stereocenters. The molecule has 0 aliphatic carbocycles. The Morgan fingerprint density at radius 1 is 0.723 bits per heavy atom. The molecular formula is C66H76Cl2N9O24+. The van der Waals surface area contributed by atoms with E-state index in [1.807, 2.05) is 13.8 Å². The van der Waals surface area contributed by atoms with Crippen LogP contribution >= 0.6 is 23.2 Å². The maximum absolute atomic E-state index is 16.0. The first-order chi connectivity index (χ1) is 47.7. The van der Waals surface area contributed by atoms with E-state index in [2.05, 4.69) is 43.0 Å². The highest BCUT2D eigenvalue weighted by Gasteiger charge is 2.52. The van der Waals surface area contributed by atoms with E-state index >= 15 is 14.4 Å². The van der Waals surface area contributed by atoms with Crippen molar-refractivity contribution in [1.82, 2.24) is 37.2 Å². The topological polar surface area (TPSA) is 532 Å². The summed E-state index contributed by atoms with van der Waals surface area (Å²) in [6.07, 6.45) is -18.1. The van der Waals surface area contributed by atoms with Crippen LogP contribution in [0.2, 0.25) is 10.0 Å². The van der Waals surface area contributed by atoms with E-state index in [-0.39, 0.29) is 52.0 Å². The second kappa shape index (κ2) is 30.2. The zero-order chi connectivity index (χ0) is 73.5. The van der Waals surface area contributed by atoms with Crippen molar-refractivity contribution in [2.45, 2.75) is 156 Å². The van der Waals surface area contributed by atoms with Crippen LogP contribution in [0.15, 0.2) is 78.9 Å². The highest BCUT2D eigenvalue weighted by Crippen LogP contribution is 2.50. The van der Waals surface area contributed by atoms with E-state index in [0.717, 1.165) is 66.7 Å². The third-order valence-electron chi connectivity index (χ3n) is 17.8. The van der Waals surface area contributed by atoms with Gasteiger partial charge in [0.25, 0.3) is 0 Å². The van der Waals surface area contributed by atoms with E-state index < -0.39 is 231 Å². The summed E-state index contributed by atoms with van der Waals surface area (Å²) >= 11 is 14.1. The fraction of sp³-hybridized carbons (Fsp3) is 0.424. The number of hydrogen-bond acceptors (Lipinski definition) is 24. The molecule has 2 saturated heterocycles. The van der Waals surface area contributed by atoms with E-state index in [4.69, 9.17) is 57.4 Å². The van der Waals surface area contributed by atoms with E-state index in [9.17, 15) is 75.0 Å². The van der Waals surface area contributed by atoms with Crippen LogP contribution in [0.4, 0.5) is 0 Å². The molecule has 7 heterocycles. The smallest absolute Gasteiger partial charge is 0.330 e. The van der Waals surface area contributed by atoms with Crippen LogP contribution in [-0.4, -0.2) is 191 Å². The lowest BCUT2D eigenvalue weighted by Gasteiger charge is -2.45. The number of phenolic OH excluding ortho intramolecular Hbond substituents is 3. The maximum Gasteiger partial charge on any atom is 0.330 e. The molecule has 7 aliphatic rings. The average Bonchev–Trinajstić information content (AvgIpc) is 0.775. The van der Waals surface area contributed by atoms with Gasteiger partial charge in [0.2, 0.25) is 53.4 Å². The van der Waals surface area contributed by atoms with Crippen LogP contribution in [-0.2, 0) is 52.6 Å². The Bertz CT molecular complexity index is 4070. The standard InChI is InChI=1S/C66H75Cl2N9O24/c1-23(2)12-34(71-5)58(88)76-49-51(83)26-7-10-38(32(67)14-26)97-40-16-28-17-41(55(40)101-65-56(54(86)53(85)42(22-78)99-65)100-44-21-66(4,70)57(87)24(3)96-44)98-39-11-8-27(15-33(39)68)52(84)50-63(93)75-48(64(94)95)31-18-29(79)19-37(81)45(31)30-13-25(6-9-36(30)80)46(60(90)77-50)74-61(91)47(28)73-59(89)35(20-43(69)82)72-62(49)92/h6-11,13-19,23-24,34-35,42,44,46-54,56-57,65,71,78-81,83-87H,12,20-22,70H2,1-5H3,(H2,69,82)(H,72,92)(H,73,89)(H,74,91)(H,75,93)(H,76,88)(H,77,90)(H,94,95)/p+1/t24-,34+,35-,42+,44+,46+,47+,48-,49+,50-,51+,52+,53+,54-,56+,57+,65-,66-/m0/s1. The SMILES string of the molecule is CN[C@H](CC(C)C)C(=O)N[C@H]1C(=O)N[C@@H](CC(N)=O)C(=O)N[C@H]2C(=O)N[C@H]3C(=O)N[C@H](C(=O)N[C@H](C(=O)O)c4cc(O)cc(O)c4-c4cc3ccc4O)[C@H](O)c3ccc(c(Cl)c3)Oc3cc2cc(c3O[C@@H]2O[C@H](CO)[C@@H](O)[C@H](O)[C@H]2O[C@@H]2C[C@](C)([NH3+])[C@H](O)[C@H](C)O2)Oc2ccc(cc2Cl)[C@H]1O. The molecule has 5 aromatic carbocycles. The molecule has 22 N–H and O–H groups in total. The number of ether oxygens (including phenoxy) is 6. The van der Waals surface area contributed by atoms with Gasteiger partial charge in [-0.2, -0.15) is 0 Å². The summed E-state index contributed by atoms with van der Waals surface area (Å²) in [6, 6.07) is -0.591. The number of benzene rings is 5. The number of carbonyl (C=O) groups is 8. The summed E-state index contributed by atoms with van der Waals surface area (Å²) < 4.78 is 38.4. The summed E-state index contributed by atoms with van der Waals surface area (Å²) in [6.45, 7) is 5.82. The first-order valence-electron chi connectivity index (χ1n) is 31.7. The van der Waals surface area contributed by atoms with Crippen LogP contribution in [0.25, 0.3) is 11.1 Å². The third-order valence-corrected chi connectivity index (χ3v) is 18.4. The zero-order valence-electron chi connectivity index (χ0n) is 54.5. The Hall–Kier alpha value is -9.20. The highest BCUT2D eigenvalue weighted by molar-refractivity contribution is 6.32. The quantitative estimate of drug-likeness (QED) is 0.0699. The molecule has 7 amide bonds. The number of aliphatic hydroxyl groups excluding tert-OH is 6. The summed E-state index contributed by atoms with van der Waals surface area (Å²) in [4.78, 5) is 117. The number of aliphatic carboxylic acids is 1. The number of phenols is 3. The summed E-state index contributed by atoms with van der Waals surface area (Å²) in [5, 5.41) is 131. The van der Waals surface area contributed by atoms with Gasteiger partial charge in [-0.3, -0.25) is 33.6 Å². The van der Waals surface area contributed by atoms with E-state index in [0.29, 0.717) is 0 Å². The lowest BCUT2D eigenvalue weighted by molar-refractivity contribution is -0.518. The Morgan fingerprint density at radius 2 is 1.33 bits per heavy atom. The van der Waals surface area contributed by atoms with Crippen molar-refractivity contribution in [3.05, 3.63) is 117 Å². The van der Waals surface area contributed by atoms with Crippen LogP contribution in [0.1, 0.15) is 105 Å². The number of nitrogens with one attached hydrogen (secondary N) is 7. The van der Waals surface area contributed by atoms with Gasteiger partial charge < -0.3 is 128 Å². The van der Waals surface area contributed by atoms with E-state index in [1.54, 1.807) is 6.92 Å². The van der Waals surface area contributed by atoms with Crippen LogP contribution < -0.4 is 62.9 Å². The van der Waals surface area contributed by atoms with Gasteiger partial charge in [0.05, 0.1) is 41.6 Å². The molecule has 12 rings (SSSR count). The Morgan fingerprint density at radius 3 is 1.91 bits per heavy atom. The maximum atomic E-state index is 16.0. The third kappa shape index (κ3) is 15.8. The second-order valence-electron chi connectivity index (χ2n) is 25.9. The molecule has 0 radical (unpaired) electrons. The first-order valence-corrected chi connectivity index (χ1v) is 32.4. The normalized spacial score (nSPS) is 29.4. The van der Waals surface area contributed by atoms with Crippen LogP contribution in [0.3, 0.4) is 0 Å². The average molecular weight is 1450 g/mol. The predicted octanol–water partition coefficient (Wildman–Crippen LogP) is -0.611. The summed E-state index contributed by atoms with van der Waals surface area (Å²) in [5.74, 6) is -15.9. The van der Waals surface area contributed by atoms with Gasteiger partial charge in [0.15, 0.2) is 29.9 Å². The number of likely N-dealkylation sites (N-methyl/N-ethyl adjacent to an activating group) is 1. The molecule has 11 bridgehead atoms. The Kier molecular flexibility index (Phi) is 22.2. The number of fused-ring (bicyclic) bond motifs is 15. The van der Waals surface area contributed by atoms with Crippen molar-refractivity contribution in [1.29, 1.82) is 0 Å². The number of amides is 7. The minimum absolute atomic E-state index is 0.0955. The van der Waals surface area contributed by atoms with Crippen LogP contribution in [0.5, 0.6) is 46.0 Å². The van der Waals surface area contributed by atoms with Gasteiger partial charge in [-0.05, 0) is 110 Å². The Balaban J connectivity index is 1.24. The number of nitrogens with two attached hydrogens (primary N) is 1.